The van der Waals surface area contributed by atoms with Crippen LogP contribution in [0.4, 0.5) is 0 Å². The van der Waals surface area contributed by atoms with E-state index in [0.29, 0.717) is 18.2 Å². The van der Waals surface area contributed by atoms with Gasteiger partial charge in [-0.25, -0.2) is 0 Å². The minimum atomic E-state index is -0.744. The lowest BCUT2D eigenvalue weighted by molar-refractivity contribution is -0.141. The van der Waals surface area contributed by atoms with E-state index < -0.39 is 6.04 Å². The van der Waals surface area contributed by atoms with Crippen molar-refractivity contribution in [1.82, 2.24) is 10.2 Å². The average Bonchev–Trinajstić information content (AvgIpc) is 3.11. The van der Waals surface area contributed by atoms with E-state index in [2.05, 4.69) is 5.32 Å². The average molecular weight is 441 g/mol. The van der Waals surface area contributed by atoms with Gasteiger partial charge in [0.1, 0.15) is 11.9 Å². The number of hydrogen-bond acceptors (Lipinski definition) is 3. The second kappa shape index (κ2) is 11.2. The Hall–Kier alpha value is -1.30. The zero-order valence-corrected chi connectivity index (χ0v) is 18.3. The van der Waals surface area contributed by atoms with Crippen LogP contribution in [0, 0.1) is 0 Å². The minimum Gasteiger partial charge on any atom is -0.376 e. The van der Waals surface area contributed by atoms with Gasteiger partial charge >= 0.3 is 0 Å². The van der Waals surface area contributed by atoms with Crippen molar-refractivity contribution >= 4 is 35.0 Å². The monoisotopic (exact) mass is 440 g/mol. The van der Waals surface area contributed by atoms with E-state index in [4.69, 9.17) is 27.9 Å². The van der Waals surface area contributed by atoms with E-state index in [1.807, 2.05) is 12.1 Å². The minimum absolute atomic E-state index is 0.0670. The lowest BCUT2D eigenvalue weighted by Crippen LogP contribution is -2.49. The fourth-order valence-corrected chi connectivity index (χ4v) is 4.54. The van der Waals surface area contributed by atoms with Crippen molar-refractivity contribution < 1.29 is 14.3 Å². The summed E-state index contributed by atoms with van der Waals surface area (Å²) in [5, 5.41) is 3.80. The first-order chi connectivity index (χ1) is 14.1. The van der Waals surface area contributed by atoms with Crippen LogP contribution < -0.4 is 5.32 Å². The summed E-state index contributed by atoms with van der Waals surface area (Å²) >= 11 is 12.0. The molecular formula is C22H30Cl2N2O3. The van der Waals surface area contributed by atoms with E-state index in [1.54, 1.807) is 17.0 Å². The van der Waals surface area contributed by atoms with Crippen LogP contribution in [0.15, 0.2) is 24.3 Å². The Balaban J connectivity index is 1.85. The number of hydrogen-bond donors (Lipinski definition) is 1. The maximum Gasteiger partial charge on any atom is 0.247 e. The molecule has 1 N–H and O–H groups in total. The van der Waals surface area contributed by atoms with E-state index in [0.717, 1.165) is 44.1 Å². The van der Waals surface area contributed by atoms with Crippen LogP contribution in [0.2, 0.25) is 5.02 Å². The summed E-state index contributed by atoms with van der Waals surface area (Å²) in [5.74, 6) is -0.595. The number of alkyl halides is 1. The molecule has 2 atom stereocenters. The van der Waals surface area contributed by atoms with Gasteiger partial charge in [-0.1, -0.05) is 49.4 Å². The molecule has 1 saturated carbocycles. The van der Waals surface area contributed by atoms with Crippen molar-refractivity contribution in [3.63, 3.8) is 0 Å². The van der Waals surface area contributed by atoms with Gasteiger partial charge in [0.15, 0.2) is 0 Å². The standard InChI is InChI=1S/C22H30Cl2N2O3/c23-14-20(27)26(15-19-8-5-13-29-19)21(16-9-11-17(24)12-10-16)22(28)25-18-6-3-1-2-4-7-18/h9-12,18-19,21H,1-8,13-15H2,(H,25,28)/t19-,21+/m1/s1. The molecule has 2 aliphatic rings. The van der Waals surface area contributed by atoms with Crippen molar-refractivity contribution in [2.24, 2.45) is 0 Å². The summed E-state index contributed by atoms with van der Waals surface area (Å²) in [6.45, 7) is 1.05. The van der Waals surface area contributed by atoms with Crippen LogP contribution in [0.5, 0.6) is 0 Å². The van der Waals surface area contributed by atoms with Crippen LogP contribution in [-0.2, 0) is 14.3 Å². The molecule has 7 heteroatoms. The second-order valence-electron chi connectivity index (χ2n) is 7.97. The lowest BCUT2D eigenvalue weighted by Gasteiger charge is -2.33. The Labute approximate surface area is 183 Å². The van der Waals surface area contributed by atoms with E-state index in [-0.39, 0.29) is 29.8 Å². The maximum atomic E-state index is 13.4. The Kier molecular flexibility index (Phi) is 8.64. The van der Waals surface area contributed by atoms with Gasteiger partial charge in [-0.2, -0.15) is 0 Å². The maximum absolute atomic E-state index is 13.4. The van der Waals surface area contributed by atoms with Crippen LogP contribution in [0.1, 0.15) is 63.0 Å². The number of carbonyl (C=O) groups excluding carboxylic acids is 2. The highest BCUT2D eigenvalue weighted by atomic mass is 35.5. The Morgan fingerprint density at radius 3 is 2.34 bits per heavy atom. The van der Waals surface area contributed by atoms with E-state index >= 15 is 0 Å². The summed E-state index contributed by atoms with van der Waals surface area (Å²) < 4.78 is 5.74. The SMILES string of the molecule is O=C(NC1CCCCCC1)[C@H](c1ccc(Cl)cc1)N(C[C@H]1CCCO1)C(=O)CCl. The summed E-state index contributed by atoms with van der Waals surface area (Å²) in [6, 6.07) is 6.52. The molecule has 1 aromatic rings. The first kappa shape index (κ1) is 22.4. The van der Waals surface area contributed by atoms with Gasteiger partial charge in [-0.15, -0.1) is 11.6 Å². The number of nitrogens with one attached hydrogen (secondary N) is 1. The van der Waals surface area contributed by atoms with Crippen molar-refractivity contribution in [2.75, 3.05) is 19.0 Å². The van der Waals surface area contributed by atoms with Gasteiger partial charge in [-0.3, -0.25) is 9.59 Å². The number of rotatable bonds is 7. The van der Waals surface area contributed by atoms with Crippen molar-refractivity contribution in [1.29, 1.82) is 0 Å². The fourth-order valence-electron chi connectivity index (χ4n) is 4.26. The molecule has 0 radical (unpaired) electrons. The highest BCUT2D eigenvalue weighted by Gasteiger charge is 2.34. The third kappa shape index (κ3) is 6.34. The first-order valence-corrected chi connectivity index (χ1v) is 11.5. The molecular weight excluding hydrogens is 411 g/mol. The summed E-state index contributed by atoms with van der Waals surface area (Å²) in [5.41, 5.74) is 0.733. The highest BCUT2D eigenvalue weighted by molar-refractivity contribution is 6.30. The Morgan fingerprint density at radius 2 is 1.76 bits per heavy atom. The Bertz CT molecular complexity index is 669. The topological polar surface area (TPSA) is 58.6 Å². The molecule has 0 unspecified atom stereocenters. The molecule has 0 aromatic heterocycles. The van der Waals surface area contributed by atoms with E-state index in [9.17, 15) is 9.59 Å². The van der Waals surface area contributed by atoms with E-state index in [1.165, 1.54) is 12.8 Å². The second-order valence-corrected chi connectivity index (χ2v) is 8.67. The van der Waals surface area contributed by atoms with Crippen molar-refractivity contribution in [3.05, 3.63) is 34.9 Å². The zero-order chi connectivity index (χ0) is 20.6. The molecule has 29 heavy (non-hydrogen) atoms. The summed E-state index contributed by atoms with van der Waals surface area (Å²) in [7, 11) is 0. The summed E-state index contributed by atoms with van der Waals surface area (Å²) in [4.78, 5) is 27.8. The van der Waals surface area contributed by atoms with Gasteiger partial charge in [0, 0.05) is 24.2 Å². The number of halogens is 2. The molecule has 3 rings (SSSR count). The molecule has 2 fully saturated rings. The van der Waals surface area contributed by atoms with Gasteiger partial charge < -0.3 is 15.0 Å². The molecule has 2 amide bonds. The van der Waals surface area contributed by atoms with Gasteiger partial charge in [-0.05, 0) is 43.4 Å². The summed E-state index contributed by atoms with van der Waals surface area (Å²) in [6.07, 6.45) is 8.40. The van der Waals surface area contributed by atoms with Crippen LogP contribution in [0.25, 0.3) is 0 Å². The first-order valence-electron chi connectivity index (χ1n) is 10.6. The normalized spacial score (nSPS) is 21.4. The molecule has 0 spiro atoms. The molecule has 1 aliphatic carbocycles. The lowest BCUT2D eigenvalue weighted by atomic mass is 10.0. The molecule has 1 saturated heterocycles. The molecule has 0 bridgehead atoms. The van der Waals surface area contributed by atoms with Crippen LogP contribution in [-0.4, -0.2) is 47.9 Å². The zero-order valence-electron chi connectivity index (χ0n) is 16.7. The van der Waals surface area contributed by atoms with Gasteiger partial charge in [0.2, 0.25) is 11.8 Å². The smallest absolute Gasteiger partial charge is 0.247 e. The number of carbonyl (C=O) groups is 2. The molecule has 1 aliphatic heterocycles. The quantitative estimate of drug-likeness (QED) is 0.502. The fraction of sp³-hybridized carbons (Fsp3) is 0.636. The largest absolute Gasteiger partial charge is 0.376 e. The number of amides is 2. The van der Waals surface area contributed by atoms with Crippen LogP contribution >= 0.6 is 23.2 Å². The Morgan fingerprint density at radius 1 is 1.07 bits per heavy atom. The number of ether oxygens (including phenoxy) is 1. The number of nitrogens with zero attached hydrogens (tertiary/aromatic N) is 1. The third-order valence-corrected chi connectivity index (χ3v) is 6.29. The predicted molar refractivity (Wildman–Crippen MR) is 115 cm³/mol. The molecule has 1 aromatic carbocycles. The van der Waals surface area contributed by atoms with Crippen molar-refractivity contribution in [2.45, 2.75) is 69.6 Å². The third-order valence-electron chi connectivity index (χ3n) is 5.81. The number of benzene rings is 1. The van der Waals surface area contributed by atoms with Gasteiger partial charge in [0.25, 0.3) is 0 Å². The van der Waals surface area contributed by atoms with Crippen LogP contribution in [0.3, 0.4) is 0 Å². The molecule has 1 heterocycles. The van der Waals surface area contributed by atoms with Gasteiger partial charge in [0.05, 0.1) is 6.10 Å². The predicted octanol–water partition coefficient (Wildman–Crippen LogP) is 4.47. The highest BCUT2D eigenvalue weighted by Crippen LogP contribution is 2.27. The molecule has 160 valence electrons. The molecule has 5 nitrogen and oxygen atoms in total. The van der Waals surface area contributed by atoms with Crippen molar-refractivity contribution in [3.8, 4) is 0 Å².